The zero-order chi connectivity index (χ0) is 19.1. The molecule has 29 heavy (non-hydrogen) atoms. The molecule has 1 spiro atoms. The Morgan fingerprint density at radius 2 is 1.24 bits per heavy atom. The Kier molecular flexibility index (Phi) is 8.13. The van der Waals surface area contributed by atoms with Crippen LogP contribution in [0.5, 0.6) is 17.2 Å². The van der Waals surface area contributed by atoms with Gasteiger partial charge < -0.3 is 15.3 Å². The third kappa shape index (κ3) is 3.94. The largest absolute Gasteiger partial charge is 1.00 e. The van der Waals surface area contributed by atoms with E-state index < -0.39 is 5.41 Å². The first-order valence-corrected chi connectivity index (χ1v) is 8.78. The van der Waals surface area contributed by atoms with Crippen LogP contribution in [0.15, 0.2) is 29.4 Å². The number of rotatable bonds is 1. The molecule has 0 saturated carbocycles. The van der Waals surface area contributed by atoms with E-state index in [1.807, 2.05) is 0 Å². The van der Waals surface area contributed by atoms with Crippen molar-refractivity contribution in [1.29, 1.82) is 0 Å². The second kappa shape index (κ2) is 8.65. The van der Waals surface area contributed by atoms with Gasteiger partial charge in [-0.25, -0.2) is 0 Å². The second-order valence-corrected chi connectivity index (χ2v) is 9.05. The van der Waals surface area contributed by atoms with Crippen molar-refractivity contribution < 1.29 is 104 Å². The van der Waals surface area contributed by atoms with Gasteiger partial charge in [0.15, 0.2) is 11.5 Å². The van der Waals surface area contributed by atoms with E-state index in [1.165, 1.54) is 0 Å². The maximum absolute atomic E-state index is 12.4. The maximum atomic E-state index is 12.4. The van der Waals surface area contributed by atoms with E-state index in [2.05, 4.69) is 32.9 Å². The van der Waals surface area contributed by atoms with Crippen LogP contribution in [-0.4, -0.2) is 10.2 Å². The monoisotopic (exact) mass is 493 g/mol. The van der Waals surface area contributed by atoms with Crippen LogP contribution in [0, 0.1) is 4.91 Å². The minimum atomic E-state index is -0.427. The van der Waals surface area contributed by atoms with Gasteiger partial charge in [0.1, 0.15) is 0 Å². The maximum Gasteiger partial charge on any atom is 1.00 e. The summed E-state index contributed by atoms with van der Waals surface area (Å²) in [5.41, 5.74) is 2.87. The zero-order valence-corrected chi connectivity index (χ0v) is 23.2. The number of phenolic OH excluding ortho intramolecular Hbond substituents is 2. The summed E-state index contributed by atoms with van der Waals surface area (Å²) in [5.74, 6) is -0.651. The molecular weight excluding hydrogens is 471 g/mol. The van der Waals surface area contributed by atoms with E-state index in [0.29, 0.717) is 0 Å². The molecule has 2 radical (unpaired) electrons. The van der Waals surface area contributed by atoms with Gasteiger partial charge in [-0.05, 0) is 69.3 Å². The fraction of sp³-hybridized carbons (Fsp3) is 0.429. The van der Waals surface area contributed by atoms with Gasteiger partial charge in [-0.1, -0.05) is 39.5 Å². The Labute approximate surface area is 237 Å². The number of phenols is 2. The molecule has 5 nitrogen and oxygen atoms in total. The van der Waals surface area contributed by atoms with Gasteiger partial charge in [0.05, 0.1) is 5.69 Å². The summed E-state index contributed by atoms with van der Waals surface area (Å²) in [6.45, 7) is 8.43. The fourth-order valence-electron chi connectivity index (χ4n) is 5.42. The molecule has 0 aliphatic heterocycles. The SMILES string of the molecule is CC1(C)CC2(CC(C)(C)c3cc(O)c(O)cc32)c2cc([O-])c(N=O)cc21.[K+].[V].[V]. The van der Waals surface area contributed by atoms with Gasteiger partial charge in [0, 0.05) is 42.5 Å². The van der Waals surface area contributed by atoms with E-state index in [4.69, 9.17) is 0 Å². The minimum absolute atomic E-state index is 0. The first-order valence-electron chi connectivity index (χ1n) is 8.78. The standard InChI is InChI=1S/C21H23NO4.K.2V/c1-19(2)9-21(13-7-16(23)15(22-26)5-11(13)19)10-20(3,4)12-6-17(24)18(25)8-14(12)21;;;/h5-8,23-25H,9-10H2,1-4H3;;;/q;+1;;/p-1. The Balaban J connectivity index is 0.00000140. The van der Waals surface area contributed by atoms with Crippen molar-refractivity contribution in [3.05, 3.63) is 51.4 Å². The number of nitroso groups, excluding NO2 is 1. The van der Waals surface area contributed by atoms with Gasteiger partial charge in [-0.15, -0.1) is 4.91 Å². The Morgan fingerprint density at radius 1 is 0.828 bits per heavy atom. The quantitative estimate of drug-likeness (QED) is 0.355. The number of hydrogen-bond donors (Lipinski definition) is 2. The van der Waals surface area contributed by atoms with E-state index >= 15 is 0 Å². The van der Waals surface area contributed by atoms with Crippen molar-refractivity contribution in [3.63, 3.8) is 0 Å². The summed E-state index contributed by atoms with van der Waals surface area (Å²) in [5, 5.41) is 35.4. The predicted octanol–water partition coefficient (Wildman–Crippen LogP) is 1.22. The third-order valence-electron chi connectivity index (χ3n) is 6.29. The molecule has 0 heterocycles. The van der Waals surface area contributed by atoms with Gasteiger partial charge in [0.2, 0.25) is 0 Å². The Hall–Kier alpha value is 0.245. The Bertz CT molecular complexity index is 978. The van der Waals surface area contributed by atoms with Gasteiger partial charge in [-0.2, -0.15) is 0 Å². The van der Waals surface area contributed by atoms with E-state index in [-0.39, 0.29) is 122 Å². The molecule has 4 rings (SSSR count). The number of aromatic hydroxyl groups is 2. The van der Waals surface area contributed by atoms with E-state index in [1.54, 1.807) is 24.3 Å². The normalized spacial score (nSPS) is 21.9. The molecule has 0 bridgehead atoms. The van der Waals surface area contributed by atoms with Gasteiger partial charge in [0.25, 0.3) is 0 Å². The van der Waals surface area contributed by atoms with E-state index in [9.17, 15) is 20.2 Å². The topological polar surface area (TPSA) is 92.9 Å². The summed E-state index contributed by atoms with van der Waals surface area (Å²) >= 11 is 0. The first kappa shape index (κ1) is 27.3. The third-order valence-corrected chi connectivity index (χ3v) is 6.29. The number of benzene rings is 2. The average molecular weight is 493 g/mol. The van der Waals surface area contributed by atoms with Crippen molar-refractivity contribution in [2.24, 2.45) is 5.18 Å². The molecule has 2 aromatic rings. The van der Waals surface area contributed by atoms with Crippen molar-refractivity contribution in [2.45, 2.75) is 56.8 Å². The number of hydrogen-bond acceptors (Lipinski definition) is 5. The van der Waals surface area contributed by atoms with Crippen LogP contribution in [0.2, 0.25) is 0 Å². The minimum Gasteiger partial charge on any atom is -0.871 e. The van der Waals surface area contributed by atoms with E-state index in [0.717, 1.165) is 35.1 Å². The van der Waals surface area contributed by atoms with Crippen LogP contribution in [0.3, 0.4) is 0 Å². The summed E-state index contributed by atoms with van der Waals surface area (Å²) in [7, 11) is 0. The average Bonchev–Trinajstić information content (AvgIpc) is 2.87. The molecule has 8 heteroatoms. The van der Waals surface area contributed by atoms with Crippen LogP contribution in [-0.2, 0) is 53.4 Å². The van der Waals surface area contributed by atoms with Gasteiger partial charge >= 0.3 is 51.4 Å². The van der Waals surface area contributed by atoms with Crippen LogP contribution >= 0.6 is 0 Å². The van der Waals surface area contributed by atoms with Crippen molar-refractivity contribution in [1.82, 2.24) is 0 Å². The molecular formula is C21H22KNO4V2. The Morgan fingerprint density at radius 3 is 1.72 bits per heavy atom. The smallest absolute Gasteiger partial charge is 0.871 e. The summed E-state index contributed by atoms with van der Waals surface area (Å²) in [6, 6.07) is 6.46. The molecule has 1 unspecified atom stereocenters. The fourth-order valence-corrected chi connectivity index (χ4v) is 5.42. The van der Waals surface area contributed by atoms with Crippen molar-refractivity contribution in [3.8, 4) is 17.2 Å². The molecule has 0 fully saturated rings. The molecule has 0 saturated heterocycles. The molecule has 2 aliphatic carbocycles. The molecule has 146 valence electrons. The zero-order valence-electron chi connectivity index (χ0n) is 17.3. The number of nitrogens with zero attached hydrogens (tertiary/aromatic N) is 1. The van der Waals surface area contributed by atoms with Crippen molar-refractivity contribution in [2.75, 3.05) is 0 Å². The predicted molar refractivity (Wildman–Crippen MR) is 97.2 cm³/mol. The van der Waals surface area contributed by atoms with Gasteiger partial charge in [-0.3, -0.25) is 0 Å². The summed E-state index contributed by atoms with van der Waals surface area (Å²) < 4.78 is 0. The molecule has 2 N–H and O–H groups in total. The van der Waals surface area contributed by atoms with Crippen LogP contribution in [0.1, 0.15) is 62.8 Å². The second-order valence-electron chi connectivity index (χ2n) is 9.05. The summed E-state index contributed by atoms with van der Waals surface area (Å²) in [4.78, 5) is 11.0. The van der Waals surface area contributed by atoms with Crippen LogP contribution in [0.25, 0.3) is 0 Å². The summed E-state index contributed by atoms with van der Waals surface area (Å²) in [6.07, 6.45) is 1.53. The molecule has 0 amide bonds. The molecule has 2 aliphatic rings. The van der Waals surface area contributed by atoms with Crippen LogP contribution < -0.4 is 56.5 Å². The first-order chi connectivity index (χ1) is 12.0. The molecule has 1 atom stereocenters. The van der Waals surface area contributed by atoms with Crippen LogP contribution in [0.4, 0.5) is 5.69 Å². The number of fused-ring (bicyclic) bond motifs is 4. The van der Waals surface area contributed by atoms with Crippen molar-refractivity contribution >= 4 is 5.69 Å². The molecule has 2 aromatic carbocycles. The molecule has 0 aromatic heterocycles.